The van der Waals surface area contributed by atoms with Gasteiger partial charge in [0, 0.05) is 22.8 Å². The van der Waals surface area contributed by atoms with Crippen molar-refractivity contribution in [3.8, 4) is 0 Å². The second kappa shape index (κ2) is 7.24. The van der Waals surface area contributed by atoms with Crippen molar-refractivity contribution in [2.75, 3.05) is 11.5 Å². The van der Waals surface area contributed by atoms with Crippen molar-refractivity contribution in [1.82, 2.24) is 0 Å². The molecule has 1 aliphatic rings. The molecule has 0 aliphatic heterocycles. The molecule has 0 aromatic heterocycles. The summed E-state index contributed by atoms with van der Waals surface area (Å²) in [5.41, 5.74) is 25.0. The van der Waals surface area contributed by atoms with E-state index in [4.69, 9.17) is 17.2 Å². The molecule has 0 bridgehead atoms. The van der Waals surface area contributed by atoms with Crippen LogP contribution in [0.1, 0.15) is 44.7 Å². The minimum atomic E-state index is -0.481. The number of rotatable bonds is 4. The Balaban J connectivity index is 2.29. The second-order valence-electron chi connectivity index (χ2n) is 8.23. The summed E-state index contributed by atoms with van der Waals surface area (Å²) in [5.74, 6) is 0.708. The fourth-order valence-corrected chi connectivity index (χ4v) is 4.01. The molecular formula is C24H31N3. The molecule has 0 saturated heterocycles. The molecule has 3 nitrogen and oxygen atoms in total. The number of anilines is 2. The van der Waals surface area contributed by atoms with Gasteiger partial charge < -0.3 is 17.2 Å². The quantitative estimate of drug-likeness (QED) is 0.673. The Kier molecular flexibility index (Phi) is 5.16. The van der Waals surface area contributed by atoms with Crippen LogP contribution in [0.15, 0.2) is 66.3 Å². The number of nitrogens with two attached hydrogens (primary N) is 3. The van der Waals surface area contributed by atoms with Gasteiger partial charge in [-0.15, -0.1) is 0 Å². The molecule has 2 aromatic carbocycles. The fraction of sp³-hybridized carbons (Fsp3) is 0.333. The standard InChI is InChI=1S/C24H31N3/c1-15(2)21-13-14-24(27,16(3)4)23(18-7-11-20(26)12-8-18)22(21)17-5-9-19(25)10-6-17/h5-16,23H,25-27H2,1-4H3. The van der Waals surface area contributed by atoms with Crippen molar-refractivity contribution in [2.24, 2.45) is 17.6 Å². The number of nitrogen functional groups attached to an aromatic ring is 2. The molecule has 3 rings (SSSR count). The van der Waals surface area contributed by atoms with Crippen LogP contribution >= 0.6 is 0 Å². The van der Waals surface area contributed by atoms with Gasteiger partial charge in [0.1, 0.15) is 0 Å². The molecule has 6 N–H and O–H groups in total. The highest BCUT2D eigenvalue weighted by Crippen LogP contribution is 2.49. The maximum absolute atomic E-state index is 7.06. The van der Waals surface area contributed by atoms with Crippen LogP contribution in [0.4, 0.5) is 11.4 Å². The lowest BCUT2D eigenvalue weighted by Gasteiger charge is -2.44. The monoisotopic (exact) mass is 361 g/mol. The first-order chi connectivity index (χ1) is 12.7. The molecule has 0 amide bonds. The van der Waals surface area contributed by atoms with E-state index in [0.29, 0.717) is 5.92 Å². The van der Waals surface area contributed by atoms with E-state index in [1.54, 1.807) is 0 Å². The van der Waals surface area contributed by atoms with Crippen LogP contribution in [0.5, 0.6) is 0 Å². The van der Waals surface area contributed by atoms with E-state index in [1.165, 1.54) is 22.3 Å². The fourth-order valence-electron chi connectivity index (χ4n) is 4.01. The SMILES string of the molecule is CC(C)C1=C(c2ccc(N)cc2)C(c2ccc(N)cc2)C(N)(C(C)C)C=C1. The lowest BCUT2D eigenvalue weighted by Crippen LogP contribution is -2.50. The van der Waals surface area contributed by atoms with Gasteiger partial charge in [0.25, 0.3) is 0 Å². The van der Waals surface area contributed by atoms with Crippen LogP contribution in [0.3, 0.4) is 0 Å². The Morgan fingerprint density at radius 2 is 1.33 bits per heavy atom. The van der Waals surface area contributed by atoms with Crippen LogP contribution in [0, 0.1) is 11.8 Å². The smallest absolute Gasteiger partial charge is 0.0476 e. The molecule has 0 heterocycles. The topological polar surface area (TPSA) is 78.1 Å². The molecule has 0 radical (unpaired) electrons. The molecule has 2 atom stereocenters. The van der Waals surface area contributed by atoms with Gasteiger partial charge in [0.15, 0.2) is 0 Å². The summed E-state index contributed by atoms with van der Waals surface area (Å²) in [7, 11) is 0. The van der Waals surface area contributed by atoms with Crippen molar-refractivity contribution >= 4 is 16.9 Å². The van der Waals surface area contributed by atoms with Crippen LogP contribution < -0.4 is 17.2 Å². The van der Waals surface area contributed by atoms with Gasteiger partial charge in [-0.2, -0.15) is 0 Å². The Hall–Kier alpha value is -2.52. The molecule has 3 heteroatoms. The van der Waals surface area contributed by atoms with E-state index < -0.39 is 5.54 Å². The van der Waals surface area contributed by atoms with Crippen molar-refractivity contribution in [1.29, 1.82) is 0 Å². The highest BCUT2D eigenvalue weighted by Gasteiger charge is 2.42. The summed E-state index contributed by atoms with van der Waals surface area (Å²) in [5, 5.41) is 0. The Bertz CT molecular complexity index is 858. The van der Waals surface area contributed by atoms with Gasteiger partial charge in [0.2, 0.25) is 0 Å². The molecule has 0 saturated carbocycles. The second-order valence-corrected chi connectivity index (χ2v) is 8.23. The normalized spacial score (nSPS) is 22.7. The molecule has 0 fully saturated rings. The predicted molar refractivity (Wildman–Crippen MR) is 117 cm³/mol. The molecule has 0 spiro atoms. The van der Waals surface area contributed by atoms with Crippen molar-refractivity contribution in [3.63, 3.8) is 0 Å². The van der Waals surface area contributed by atoms with Crippen molar-refractivity contribution < 1.29 is 0 Å². The van der Waals surface area contributed by atoms with Crippen molar-refractivity contribution in [2.45, 2.75) is 39.2 Å². The van der Waals surface area contributed by atoms with E-state index in [1.807, 2.05) is 24.3 Å². The van der Waals surface area contributed by atoms with Gasteiger partial charge in [-0.3, -0.25) is 0 Å². The zero-order valence-electron chi connectivity index (χ0n) is 16.7. The van der Waals surface area contributed by atoms with Crippen LogP contribution in [-0.2, 0) is 0 Å². The van der Waals surface area contributed by atoms with Gasteiger partial charge in [-0.1, -0.05) is 64.1 Å². The third-order valence-corrected chi connectivity index (χ3v) is 5.76. The van der Waals surface area contributed by atoms with E-state index in [0.717, 1.165) is 11.4 Å². The zero-order chi connectivity index (χ0) is 19.8. The van der Waals surface area contributed by atoms with E-state index in [9.17, 15) is 0 Å². The Morgan fingerprint density at radius 1 is 0.815 bits per heavy atom. The largest absolute Gasteiger partial charge is 0.399 e. The number of benzene rings is 2. The van der Waals surface area contributed by atoms with E-state index in [2.05, 4.69) is 64.1 Å². The highest BCUT2D eigenvalue weighted by atomic mass is 14.8. The zero-order valence-corrected chi connectivity index (χ0v) is 16.7. The van der Waals surface area contributed by atoms with Crippen LogP contribution in [0.25, 0.3) is 5.57 Å². The van der Waals surface area contributed by atoms with E-state index >= 15 is 0 Å². The number of hydrogen-bond acceptors (Lipinski definition) is 3. The lowest BCUT2D eigenvalue weighted by molar-refractivity contribution is 0.352. The summed E-state index contributed by atoms with van der Waals surface area (Å²) >= 11 is 0. The maximum atomic E-state index is 7.06. The summed E-state index contributed by atoms with van der Waals surface area (Å²) in [4.78, 5) is 0. The average Bonchev–Trinajstić information content (AvgIpc) is 2.62. The summed E-state index contributed by atoms with van der Waals surface area (Å²) < 4.78 is 0. The van der Waals surface area contributed by atoms with Crippen LogP contribution in [0.2, 0.25) is 0 Å². The molecule has 27 heavy (non-hydrogen) atoms. The van der Waals surface area contributed by atoms with Gasteiger partial charge in [0.05, 0.1) is 0 Å². The minimum absolute atomic E-state index is 0.0455. The first kappa shape index (κ1) is 19.2. The van der Waals surface area contributed by atoms with Gasteiger partial charge in [-0.05, 0) is 58.4 Å². The third kappa shape index (κ3) is 3.52. The Morgan fingerprint density at radius 3 is 1.81 bits per heavy atom. The van der Waals surface area contributed by atoms with Crippen molar-refractivity contribution in [3.05, 3.63) is 77.4 Å². The molecule has 2 aromatic rings. The minimum Gasteiger partial charge on any atom is -0.399 e. The maximum Gasteiger partial charge on any atom is 0.0476 e. The molecule has 1 aliphatic carbocycles. The summed E-state index contributed by atoms with van der Waals surface area (Å²) in [6.07, 6.45) is 4.43. The molecule has 2 unspecified atom stereocenters. The highest BCUT2D eigenvalue weighted by molar-refractivity contribution is 5.81. The predicted octanol–water partition coefficient (Wildman–Crippen LogP) is 4.97. The van der Waals surface area contributed by atoms with Crippen LogP contribution in [-0.4, -0.2) is 5.54 Å². The molecule has 142 valence electrons. The summed E-state index contributed by atoms with van der Waals surface area (Å²) in [6.45, 7) is 8.84. The van der Waals surface area contributed by atoms with E-state index in [-0.39, 0.29) is 11.8 Å². The van der Waals surface area contributed by atoms with Gasteiger partial charge >= 0.3 is 0 Å². The number of allylic oxidation sites excluding steroid dienone is 2. The molecular weight excluding hydrogens is 330 g/mol. The lowest BCUT2D eigenvalue weighted by atomic mass is 9.63. The summed E-state index contributed by atoms with van der Waals surface area (Å²) in [6, 6.07) is 16.3. The van der Waals surface area contributed by atoms with Gasteiger partial charge in [-0.25, -0.2) is 0 Å². The first-order valence-corrected chi connectivity index (χ1v) is 9.67. The Labute approximate surface area is 163 Å². The average molecular weight is 362 g/mol. The first-order valence-electron chi connectivity index (χ1n) is 9.67. The number of hydrogen-bond donors (Lipinski definition) is 3. The third-order valence-electron chi connectivity index (χ3n) is 5.76.